The minimum atomic E-state index is -0.131. The molecule has 1 aliphatic carbocycles. The first-order chi connectivity index (χ1) is 18.0. The van der Waals surface area contributed by atoms with Crippen LogP contribution in [0.1, 0.15) is 86.1 Å². The first-order valence-corrected chi connectivity index (χ1v) is 14.2. The molecule has 1 amide bonds. The van der Waals surface area contributed by atoms with Gasteiger partial charge in [-0.15, -0.1) is 0 Å². The summed E-state index contributed by atoms with van der Waals surface area (Å²) in [6.45, 7) is 5.46. The maximum absolute atomic E-state index is 13.5. The number of pyridine rings is 3. The van der Waals surface area contributed by atoms with Crippen LogP contribution in [0.5, 0.6) is 0 Å². The molecule has 192 valence electrons. The number of hydrogen-bond acceptors (Lipinski definition) is 7. The van der Waals surface area contributed by atoms with Gasteiger partial charge in [0, 0.05) is 41.8 Å². The van der Waals surface area contributed by atoms with Crippen molar-refractivity contribution in [2.24, 2.45) is 5.92 Å². The average molecular weight is 515 g/mol. The van der Waals surface area contributed by atoms with Gasteiger partial charge >= 0.3 is 0 Å². The molecule has 2 unspecified atom stereocenters. The number of nitrogens with zero attached hydrogens (tertiary/aromatic N) is 4. The van der Waals surface area contributed by atoms with E-state index in [2.05, 4.69) is 45.9 Å². The van der Waals surface area contributed by atoms with Crippen LogP contribution in [-0.4, -0.2) is 32.9 Å². The standard InChI is InChI=1S/C29H34N6OS/c1-29(2)17-19-12-14-24(23-9-3-4-16-30-23)31-25-10-6-11-26(33-25)37-34-28(36)21-13-15-22(20-7-5-8-20)32-27(21)35(29)18-19/h3-4,6,9-11,13,15-16,19-20,24H,5,7-8,12,14,17-18H2,1-2H3,(H,31,33)(H,34,36). The van der Waals surface area contributed by atoms with Crippen molar-refractivity contribution in [2.75, 3.05) is 16.8 Å². The minimum Gasteiger partial charge on any atom is -0.362 e. The molecule has 6 rings (SSSR count). The highest BCUT2D eigenvalue weighted by molar-refractivity contribution is 7.97. The van der Waals surface area contributed by atoms with Gasteiger partial charge in [0.15, 0.2) is 0 Å². The van der Waals surface area contributed by atoms with E-state index < -0.39 is 0 Å². The number of carbonyl (C=O) groups excluding carboxylic acids is 1. The van der Waals surface area contributed by atoms with Gasteiger partial charge in [0.25, 0.3) is 5.91 Å². The summed E-state index contributed by atoms with van der Waals surface area (Å²) in [6, 6.07) is 16.0. The number of hydrogen-bond donors (Lipinski definition) is 2. The molecule has 1 saturated heterocycles. The fourth-order valence-electron chi connectivity index (χ4n) is 5.89. The maximum atomic E-state index is 13.5. The molecule has 4 bridgehead atoms. The molecule has 1 saturated carbocycles. The quantitative estimate of drug-likeness (QED) is 0.398. The van der Waals surface area contributed by atoms with E-state index in [1.54, 1.807) is 0 Å². The van der Waals surface area contributed by atoms with E-state index in [1.165, 1.54) is 31.2 Å². The Morgan fingerprint density at radius 3 is 2.65 bits per heavy atom. The Bertz CT molecular complexity index is 1280. The third-order valence-electron chi connectivity index (χ3n) is 8.08. The van der Waals surface area contributed by atoms with Crippen LogP contribution in [0, 0.1) is 5.92 Å². The summed E-state index contributed by atoms with van der Waals surface area (Å²) in [5, 5.41) is 4.35. The molecule has 0 aromatic carbocycles. The zero-order valence-corrected chi connectivity index (χ0v) is 22.3. The van der Waals surface area contributed by atoms with Gasteiger partial charge in [-0.1, -0.05) is 18.6 Å². The van der Waals surface area contributed by atoms with Crippen LogP contribution in [0.3, 0.4) is 0 Å². The van der Waals surface area contributed by atoms with Crippen molar-refractivity contribution in [3.8, 4) is 0 Å². The van der Waals surface area contributed by atoms with E-state index in [0.29, 0.717) is 17.4 Å². The van der Waals surface area contributed by atoms with Crippen molar-refractivity contribution < 1.29 is 4.79 Å². The van der Waals surface area contributed by atoms with E-state index in [-0.39, 0.29) is 17.5 Å². The predicted octanol–water partition coefficient (Wildman–Crippen LogP) is 6.13. The maximum Gasteiger partial charge on any atom is 0.265 e. The SMILES string of the molecule is CC1(C)CC2CCC(c3ccccn3)Nc3cccc(n3)SNC(=O)c3ccc(C4CCC4)nc3N1C2. The molecular formula is C29H34N6OS. The summed E-state index contributed by atoms with van der Waals surface area (Å²) >= 11 is 1.24. The van der Waals surface area contributed by atoms with Crippen molar-refractivity contribution in [2.45, 2.75) is 74.9 Å². The third-order valence-corrected chi connectivity index (χ3v) is 8.81. The highest BCUT2D eigenvalue weighted by Gasteiger charge is 2.41. The van der Waals surface area contributed by atoms with Gasteiger partial charge < -0.3 is 10.2 Å². The highest BCUT2D eigenvalue weighted by atomic mass is 32.2. The molecule has 37 heavy (non-hydrogen) atoms. The smallest absolute Gasteiger partial charge is 0.265 e. The average Bonchev–Trinajstić information content (AvgIpc) is 3.18. The van der Waals surface area contributed by atoms with E-state index >= 15 is 0 Å². The summed E-state index contributed by atoms with van der Waals surface area (Å²) in [6.07, 6.45) is 8.53. The highest BCUT2D eigenvalue weighted by Crippen LogP contribution is 2.42. The lowest BCUT2D eigenvalue weighted by molar-refractivity contribution is 0.0984. The number of carbonyl (C=O) groups is 1. The Morgan fingerprint density at radius 1 is 0.973 bits per heavy atom. The molecule has 3 aliphatic rings. The molecule has 3 aromatic rings. The topological polar surface area (TPSA) is 83.0 Å². The number of aromatic nitrogens is 3. The molecule has 2 N–H and O–H groups in total. The normalized spacial score (nSPS) is 23.6. The number of nitrogens with one attached hydrogen (secondary N) is 2. The molecule has 0 spiro atoms. The van der Waals surface area contributed by atoms with Crippen molar-refractivity contribution >= 4 is 29.5 Å². The van der Waals surface area contributed by atoms with Crippen LogP contribution in [0.4, 0.5) is 11.6 Å². The number of anilines is 2. The summed E-state index contributed by atoms with van der Waals surface area (Å²) in [5.74, 6) is 2.48. The lowest BCUT2D eigenvalue weighted by Crippen LogP contribution is -2.40. The lowest BCUT2D eigenvalue weighted by Gasteiger charge is -2.35. The molecule has 2 aliphatic heterocycles. The largest absolute Gasteiger partial charge is 0.362 e. The van der Waals surface area contributed by atoms with E-state index in [1.807, 2.05) is 42.6 Å². The van der Waals surface area contributed by atoms with Crippen molar-refractivity contribution in [1.29, 1.82) is 0 Å². The zero-order valence-electron chi connectivity index (χ0n) is 21.5. The summed E-state index contributed by atoms with van der Waals surface area (Å²) in [7, 11) is 0. The molecule has 3 aromatic heterocycles. The van der Waals surface area contributed by atoms with Crippen LogP contribution in [0.15, 0.2) is 59.8 Å². The third kappa shape index (κ3) is 5.04. The number of rotatable bonds is 2. The monoisotopic (exact) mass is 514 g/mol. The van der Waals surface area contributed by atoms with Crippen molar-refractivity contribution in [3.05, 3.63) is 71.7 Å². The second kappa shape index (κ2) is 9.97. The minimum absolute atomic E-state index is 0.0569. The van der Waals surface area contributed by atoms with Gasteiger partial charge in [-0.2, -0.15) is 0 Å². The fourth-order valence-corrected chi connectivity index (χ4v) is 6.49. The number of amides is 1. The molecule has 8 heteroatoms. The van der Waals surface area contributed by atoms with E-state index in [0.717, 1.165) is 53.9 Å². The lowest BCUT2D eigenvalue weighted by atomic mass is 9.82. The number of fused-ring (bicyclic) bond motifs is 6. The van der Waals surface area contributed by atoms with Crippen LogP contribution in [0.25, 0.3) is 0 Å². The Balaban J connectivity index is 1.38. The first-order valence-electron chi connectivity index (χ1n) is 13.4. The van der Waals surface area contributed by atoms with Crippen LogP contribution >= 0.6 is 11.9 Å². The Kier molecular flexibility index (Phi) is 6.53. The van der Waals surface area contributed by atoms with Gasteiger partial charge in [-0.05, 0) is 88.3 Å². The Labute approximate surface area is 223 Å². The van der Waals surface area contributed by atoms with Gasteiger partial charge in [-0.25, -0.2) is 9.97 Å². The molecule has 2 atom stereocenters. The van der Waals surface area contributed by atoms with Crippen molar-refractivity contribution in [1.82, 2.24) is 19.7 Å². The van der Waals surface area contributed by atoms with E-state index in [4.69, 9.17) is 9.97 Å². The molecular weight excluding hydrogens is 480 g/mol. The van der Waals surface area contributed by atoms with Gasteiger partial charge in [-0.3, -0.25) is 14.5 Å². The van der Waals surface area contributed by atoms with Crippen molar-refractivity contribution in [3.63, 3.8) is 0 Å². The molecule has 5 heterocycles. The molecule has 2 fully saturated rings. The molecule has 7 nitrogen and oxygen atoms in total. The van der Waals surface area contributed by atoms with Crippen LogP contribution < -0.4 is 14.9 Å². The summed E-state index contributed by atoms with van der Waals surface area (Å²) in [5.41, 5.74) is 2.69. The fraction of sp³-hybridized carbons (Fsp3) is 0.448. The molecule has 0 radical (unpaired) electrons. The predicted molar refractivity (Wildman–Crippen MR) is 148 cm³/mol. The second-order valence-electron chi connectivity index (χ2n) is 11.2. The van der Waals surface area contributed by atoms with Gasteiger partial charge in [0.05, 0.1) is 17.3 Å². The zero-order chi connectivity index (χ0) is 25.4. The first kappa shape index (κ1) is 24.2. The van der Waals surface area contributed by atoms with Crippen LogP contribution in [-0.2, 0) is 0 Å². The van der Waals surface area contributed by atoms with E-state index in [9.17, 15) is 4.79 Å². The summed E-state index contributed by atoms with van der Waals surface area (Å²) < 4.78 is 3.03. The summed E-state index contributed by atoms with van der Waals surface area (Å²) in [4.78, 5) is 30.4. The Morgan fingerprint density at radius 2 is 1.86 bits per heavy atom. The van der Waals surface area contributed by atoms with Gasteiger partial charge in [0.1, 0.15) is 16.7 Å². The Hall–Kier alpha value is -3.13. The second-order valence-corrected chi connectivity index (χ2v) is 12.0. The van der Waals surface area contributed by atoms with Gasteiger partial charge in [0.2, 0.25) is 0 Å². The van der Waals surface area contributed by atoms with Crippen LogP contribution in [0.2, 0.25) is 0 Å².